The number of imide groups is 1. The Morgan fingerprint density at radius 1 is 0.941 bits per heavy atom. The molecule has 0 N–H and O–H groups in total. The van der Waals surface area contributed by atoms with Crippen LogP contribution in [0.1, 0.15) is 16.7 Å². The monoisotopic (exact) mass is 495 g/mol. The van der Waals surface area contributed by atoms with Gasteiger partial charge in [-0.05, 0) is 60.2 Å². The highest BCUT2D eigenvalue weighted by Gasteiger charge is 2.35. The Hall–Kier alpha value is -3.56. The summed E-state index contributed by atoms with van der Waals surface area (Å²) >= 11 is 0.856. The molecular formula is C25H21NO6S2. The van der Waals surface area contributed by atoms with Crippen LogP contribution in [0.5, 0.6) is 11.5 Å². The zero-order chi connectivity index (χ0) is 24.3. The highest BCUT2D eigenvalue weighted by molar-refractivity contribution is 8.18. The van der Waals surface area contributed by atoms with Crippen molar-refractivity contribution in [3.8, 4) is 11.5 Å². The molecule has 0 radical (unpaired) electrons. The molecule has 0 unspecified atom stereocenters. The molecule has 3 aromatic rings. The van der Waals surface area contributed by atoms with Crippen molar-refractivity contribution in [1.29, 1.82) is 0 Å². The largest absolute Gasteiger partial charge is 0.493 e. The highest BCUT2D eigenvalue weighted by Crippen LogP contribution is 2.36. The molecule has 4 rings (SSSR count). The molecule has 0 saturated carbocycles. The van der Waals surface area contributed by atoms with Gasteiger partial charge in [0.1, 0.15) is 4.90 Å². The molecule has 1 aliphatic rings. The van der Waals surface area contributed by atoms with E-state index in [4.69, 9.17) is 8.92 Å². The molecule has 0 bridgehead atoms. The normalized spacial score (nSPS) is 15.1. The summed E-state index contributed by atoms with van der Waals surface area (Å²) in [6.07, 6.45) is 1.57. The van der Waals surface area contributed by atoms with E-state index in [1.54, 1.807) is 36.4 Å². The Kier molecular flexibility index (Phi) is 6.76. The van der Waals surface area contributed by atoms with Gasteiger partial charge in [0, 0.05) is 0 Å². The maximum atomic E-state index is 12.9. The number of nitrogens with zero attached hydrogens (tertiary/aromatic N) is 1. The van der Waals surface area contributed by atoms with Gasteiger partial charge in [-0.15, -0.1) is 0 Å². The summed E-state index contributed by atoms with van der Waals surface area (Å²) < 4.78 is 35.6. The van der Waals surface area contributed by atoms with Gasteiger partial charge in [-0.1, -0.05) is 54.1 Å². The molecule has 2 amide bonds. The van der Waals surface area contributed by atoms with Gasteiger partial charge in [-0.25, -0.2) is 0 Å². The van der Waals surface area contributed by atoms with E-state index >= 15 is 0 Å². The Labute approximate surface area is 202 Å². The standard InChI is InChI=1S/C25H21NO6S2/c1-17-7-6-8-19(13-17)16-26-24(27)23(33-25(26)28)15-18-11-12-21(22(14-18)31-2)32-34(29,30)20-9-4-3-5-10-20/h3-15H,16H2,1-2H3/b23-15-. The van der Waals surface area contributed by atoms with E-state index in [9.17, 15) is 18.0 Å². The van der Waals surface area contributed by atoms with Gasteiger partial charge in [0.05, 0.1) is 18.6 Å². The van der Waals surface area contributed by atoms with Crippen LogP contribution in [0.2, 0.25) is 0 Å². The molecule has 34 heavy (non-hydrogen) atoms. The molecule has 1 saturated heterocycles. The second-order valence-corrected chi connectivity index (χ2v) is 10.1. The van der Waals surface area contributed by atoms with Crippen molar-refractivity contribution in [2.45, 2.75) is 18.4 Å². The fraction of sp³-hybridized carbons (Fsp3) is 0.120. The topological polar surface area (TPSA) is 90.0 Å². The number of rotatable bonds is 7. The lowest BCUT2D eigenvalue weighted by molar-refractivity contribution is -0.123. The Morgan fingerprint density at radius 3 is 2.41 bits per heavy atom. The lowest BCUT2D eigenvalue weighted by atomic mass is 10.1. The predicted octanol–water partition coefficient (Wildman–Crippen LogP) is 5.01. The number of ether oxygens (including phenoxy) is 1. The van der Waals surface area contributed by atoms with Crippen LogP contribution in [0.25, 0.3) is 6.08 Å². The van der Waals surface area contributed by atoms with E-state index in [0.717, 1.165) is 22.9 Å². The second-order valence-electron chi connectivity index (χ2n) is 7.52. The molecule has 0 aliphatic carbocycles. The van der Waals surface area contributed by atoms with E-state index in [1.807, 2.05) is 31.2 Å². The second kappa shape index (κ2) is 9.74. The first-order chi connectivity index (χ1) is 16.3. The molecule has 0 aromatic heterocycles. The zero-order valence-corrected chi connectivity index (χ0v) is 20.1. The molecule has 1 fully saturated rings. The van der Waals surface area contributed by atoms with E-state index in [1.165, 1.54) is 30.2 Å². The van der Waals surface area contributed by atoms with Crippen LogP contribution in [-0.2, 0) is 21.5 Å². The van der Waals surface area contributed by atoms with Gasteiger partial charge < -0.3 is 8.92 Å². The molecule has 0 atom stereocenters. The number of thioether (sulfide) groups is 1. The van der Waals surface area contributed by atoms with Crippen LogP contribution in [0.3, 0.4) is 0 Å². The van der Waals surface area contributed by atoms with Crippen LogP contribution in [0, 0.1) is 6.92 Å². The third-order valence-electron chi connectivity index (χ3n) is 5.01. The summed E-state index contributed by atoms with van der Waals surface area (Å²) in [5.74, 6) is -0.203. The Morgan fingerprint density at radius 2 is 1.71 bits per heavy atom. The van der Waals surface area contributed by atoms with E-state index < -0.39 is 10.1 Å². The van der Waals surface area contributed by atoms with Gasteiger partial charge in [-0.2, -0.15) is 8.42 Å². The van der Waals surface area contributed by atoms with Crippen molar-refractivity contribution >= 4 is 39.1 Å². The first-order valence-corrected chi connectivity index (χ1v) is 12.5. The number of benzene rings is 3. The van der Waals surface area contributed by atoms with Crippen LogP contribution < -0.4 is 8.92 Å². The maximum Gasteiger partial charge on any atom is 0.339 e. The lowest BCUT2D eigenvalue weighted by Gasteiger charge is -2.13. The molecular weight excluding hydrogens is 474 g/mol. The van der Waals surface area contributed by atoms with Gasteiger partial charge in [0.2, 0.25) is 0 Å². The Bertz CT molecular complexity index is 1380. The van der Waals surface area contributed by atoms with Crippen molar-refractivity contribution in [3.63, 3.8) is 0 Å². The molecule has 7 nitrogen and oxygen atoms in total. The molecule has 1 heterocycles. The first-order valence-electron chi connectivity index (χ1n) is 10.3. The number of hydrogen-bond donors (Lipinski definition) is 0. The summed E-state index contributed by atoms with van der Waals surface area (Å²) in [5, 5.41) is -0.348. The summed E-state index contributed by atoms with van der Waals surface area (Å²) in [4.78, 5) is 26.8. The average molecular weight is 496 g/mol. The third-order valence-corrected chi connectivity index (χ3v) is 7.17. The summed E-state index contributed by atoms with van der Waals surface area (Å²) in [6.45, 7) is 2.14. The fourth-order valence-corrected chi connectivity index (χ4v) is 5.18. The number of hydrogen-bond acceptors (Lipinski definition) is 7. The van der Waals surface area contributed by atoms with E-state index in [-0.39, 0.29) is 39.0 Å². The number of carbonyl (C=O) groups is 2. The van der Waals surface area contributed by atoms with Gasteiger partial charge in [0.15, 0.2) is 11.5 Å². The third kappa shape index (κ3) is 5.16. The molecule has 0 spiro atoms. The average Bonchev–Trinajstić information content (AvgIpc) is 3.08. The number of aryl methyl sites for hydroxylation is 1. The van der Waals surface area contributed by atoms with Gasteiger partial charge >= 0.3 is 10.1 Å². The van der Waals surface area contributed by atoms with Crippen molar-refractivity contribution in [3.05, 3.63) is 94.4 Å². The van der Waals surface area contributed by atoms with Crippen molar-refractivity contribution in [2.24, 2.45) is 0 Å². The SMILES string of the molecule is COc1cc(/C=C2\SC(=O)N(Cc3cccc(C)c3)C2=O)ccc1OS(=O)(=O)c1ccccc1. The zero-order valence-electron chi connectivity index (χ0n) is 18.4. The van der Waals surface area contributed by atoms with E-state index in [0.29, 0.717) is 5.56 Å². The summed E-state index contributed by atoms with van der Waals surface area (Å²) in [6, 6.07) is 20.0. The van der Waals surface area contributed by atoms with Crippen molar-refractivity contribution in [2.75, 3.05) is 7.11 Å². The molecule has 9 heteroatoms. The summed E-state index contributed by atoms with van der Waals surface area (Å²) in [7, 11) is -2.66. The summed E-state index contributed by atoms with van der Waals surface area (Å²) in [5.41, 5.74) is 2.47. The quantitative estimate of drug-likeness (QED) is 0.336. The number of amides is 2. The predicted molar refractivity (Wildman–Crippen MR) is 130 cm³/mol. The van der Waals surface area contributed by atoms with Crippen LogP contribution >= 0.6 is 11.8 Å². The van der Waals surface area contributed by atoms with Crippen LogP contribution in [-0.4, -0.2) is 31.6 Å². The Balaban J connectivity index is 1.55. The van der Waals surface area contributed by atoms with Crippen molar-refractivity contribution in [1.82, 2.24) is 4.90 Å². The minimum atomic E-state index is -4.04. The maximum absolute atomic E-state index is 12.9. The smallest absolute Gasteiger partial charge is 0.339 e. The number of carbonyl (C=O) groups excluding carboxylic acids is 2. The minimum absolute atomic E-state index is 0.0102. The lowest BCUT2D eigenvalue weighted by Crippen LogP contribution is -2.27. The fourth-order valence-electron chi connectivity index (χ4n) is 3.38. The van der Waals surface area contributed by atoms with Crippen LogP contribution in [0.4, 0.5) is 4.79 Å². The van der Waals surface area contributed by atoms with Gasteiger partial charge in [0.25, 0.3) is 11.1 Å². The minimum Gasteiger partial charge on any atom is -0.493 e. The molecule has 3 aromatic carbocycles. The van der Waals surface area contributed by atoms with Gasteiger partial charge in [-0.3, -0.25) is 14.5 Å². The van der Waals surface area contributed by atoms with Crippen molar-refractivity contribution < 1.29 is 26.9 Å². The van der Waals surface area contributed by atoms with Crippen LogP contribution in [0.15, 0.2) is 82.6 Å². The molecule has 1 aliphatic heterocycles. The first kappa shape index (κ1) is 23.6. The highest BCUT2D eigenvalue weighted by atomic mass is 32.2. The number of methoxy groups -OCH3 is 1. The molecule has 174 valence electrons. The van der Waals surface area contributed by atoms with E-state index in [2.05, 4.69) is 0 Å².